The molecule has 0 atom stereocenters. The molecular formula is C12H15N5OS. The van der Waals surface area contributed by atoms with Crippen LogP contribution in [0.25, 0.3) is 0 Å². The Morgan fingerprint density at radius 1 is 1.26 bits per heavy atom. The molecule has 19 heavy (non-hydrogen) atoms. The molecule has 0 fully saturated rings. The van der Waals surface area contributed by atoms with E-state index in [9.17, 15) is 4.79 Å². The summed E-state index contributed by atoms with van der Waals surface area (Å²) in [7, 11) is 0. The van der Waals surface area contributed by atoms with Gasteiger partial charge in [-0.2, -0.15) is 0 Å². The van der Waals surface area contributed by atoms with Crippen molar-refractivity contribution in [3.8, 4) is 0 Å². The number of aromatic nitrogens is 3. The van der Waals surface area contributed by atoms with Gasteiger partial charge < -0.3 is 0 Å². The molecule has 100 valence electrons. The topological polar surface area (TPSA) is 79.8 Å². The number of anilines is 2. The Balaban J connectivity index is 1.98. The first-order valence-corrected chi connectivity index (χ1v) is 6.63. The van der Waals surface area contributed by atoms with Gasteiger partial charge in [-0.15, -0.1) is 11.3 Å². The van der Waals surface area contributed by atoms with Crippen LogP contribution < -0.4 is 10.6 Å². The number of carbonyl (C=O) groups is 1. The van der Waals surface area contributed by atoms with Gasteiger partial charge in [0.05, 0.1) is 11.9 Å². The third kappa shape index (κ3) is 3.72. The van der Waals surface area contributed by atoms with Crippen molar-refractivity contribution < 1.29 is 4.79 Å². The maximum atomic E-state index is 11.7. The summed E-state index contributed by atoms with van der Waals surface area (Å²) in [4.78, 5) is 23.9. The molecule has 0 aliphatic heterocycles. The highest BCUT2D eigenvalue weighted by atomic mass is 32.1. The summed E-state index contributed by atoms with van der Waals surface area (Å²) in [6, 6.07) is -0.379. The highest BCUT2D eigenvalue weighted by Gasteiger charge is 2.18. The molecule has 7 heteroatoms. The van der Waals surface area contributed by atoms with E-state index < -0.39 is 0 Å². The molecule has 2 aromatic heterocycles. The second-order valence-corrected chi connectivity index (χ2v) is 5.82. The first-order chi connectivity index (χ1) is 8.95. The van der Waals surface area contributed by atoms with Crippen molar-refractivity contribution in [2.24, 2.45) is 0 Å². The van der Waals surface area contributed by atoms with E-state index >= 15 is 0 Å². The Hall–Kier alpha value is -2.02. The van der Waals surface area contributed by atoms with Crippen molar-refractivity contribution in [2.45, 2.75) is 26.2 Å². The van der Waals surface area contributed by atoms with Crippen LogP contribution in [0.5, 0.6) is 0 Å². The van der Waals surface area contributed by atoms with E-state index in [4.69, 9.17) is 0 Å². The highest BCUT2D eigenvalue weighted by Crippen LogP contribution is 2.26. The normalized spacial score (nSPS) is 11.1. The van der Waals surface area contributed by atoms with Crippen molar-refractivity contribution in [1.29, 1.82) is 0 Å². The smallest absolute Gasteiger partial charge is 0.291 e. The SMILES string of the molecule is CC(C)(C)c1csc(NC(=O)Nc2cnccn2)n1. The molecule has 0 aliphatic rings. The molecule has 0 radical (unpaired) electrons. The van der Waals surface area contributed by atoms with E-state index in [1.165, 1.54) is 23.7 Å². The van der Waals surface area contributed by atoms with Gasteiger partial charge in [0.15, 0.2) is 10.9 Å². The number of carbonyl (C=O) groups excluding carboxylic acids is 1. The molecule has 2 rings (SSSR count). The first kappa shape index (κ1) is 13.4. The monoisotopic (exact) mass is 277 g/mol. The zero-order valence-electron chi connectivity index (χ0n) is 11.0. The number of hydrogen-bond acceptors (Lipinski definition) is 5. The quantitative estimate of drug-likeness (QED) is 0.884. The first-order valence-electron chi connectivity index (χ1n) is 5.75. The van der Waals surface area contributed by atoms with Crippen molar-refractivity contribution in [2.75, 3.05) is 10.6 Å². The molecule has 0 unspecified atom stereocenters. The van der Waals surface area contributed by atoms with Crippen LogP contribution >= 0.6 is 11.3 Å². The molecule has 6 nitrogen and oxygen atoms in total. The lowest BCUT2D eigenvalue weighted by Gasteiger charge is -2.14. The summed E-state index contributed by atoms with van der Waals surface area (Å²) in [6.07, 6.45) is 4.53. The van der Waals surface area contributed by atoms with Gasteiger partial charge in [-0.3, -0.25) is 15.6 Å². The molecule has 2 amide bonds. The van der Waals surface area contributed by atoms with E-state index in [0.29, 0.717) is 10.9 Å². The van der Waals surface area contributed by atoms with E-state index in [1.54, 1.807) is 6.20 Å². The Kier molecular flexibility index (Phi) is 3.75. The lowest BCUT2D eigenvalue weighted by atomic mass is 9.93. The molecule has 2 N–H and O–H groups in total. The average molecular weight is 277 g/mol. The molecular weight excluding hydrogens is 262 g/mol. The predicted molar refractivity (Wildman–Crippen MR) is 75.5 cm³/mol. The standard InChI is InChI=1S/C12H15N5OS/c1-12(2,3)8-7-19-11(15-8)17-10(18)16-9-6-13-4-5-14-9/h4-7H,1-3H3,(H2,14,15,16,17,18). The lowest BCUT2D eigenvalue weighted by molar-refractivity contribution is 0.262. The third-order valence-corrected chi connectivity index (χ3v) is 3.06. The summed E-state index contributed by atoms with van der Waals surface area (Å²) < 4.78 is 0. The van der Waals surface area contributed by atoms with Gasteiger partial charge >= 0.3 is 6.03 Å². The van der Waals surface area contributed by atoms with Gasteiger partial charge in [0, 0.05) is 23.2 Å². The molecule has 0 saturated carbocycles. The van der Waals surface area contributed by atoms with Crippen LogP contribution in [0.4, 0.5) is 15.7 Å². The molecule has 0 bridgehead atoms. The van der Waals surface area contributed by atoms with Crippen molar-refractivity contribution in [3.63, 3.8) is 0 Å². The number of urea groups is 1. The summed E-state index contributed by atoms with van der Waals surface area (Å²) in [5, 5.41) is 7.76. The summed E-state index contributed by atoms with van der Waals surface area (Å²) in [5.41, 5.74) is 0.921. The number of amides is 2. The van der Waals surface area contributed by atoms with Crippen LogP contribution in [0, 0.1) is 0 Å². The second-order valence-electron chi connectivity index (χ2n) is 4.96. The zero-order chi connectivity index (χ0) is 13.9. The van der Waals surface area contributed by atoms with E-state index in [1.807, 2.05) is 5.38 Å². The van der Waals surface area contributed by atoms with Crippen LogP contribution in [0.3, 0.4) is 0 Å². The van der Waals surface area contributed by atoms with Crippen LogP contribution in [0.2, 0.25) is 0 Å². The number of hydrogen-bond donors (Lipinski definition) is 2. The van der Waals surface area contributed by atoms with Gasteiger partial charge in [0.25, 0.3) is 0 Å². The molecule has 0 saturated heterocycles. The van der Waals surface area contributed by atoms with Crippen LogP contribution in [-0.4, -0.2) is 21.0 Å². The Morgan fingerprint density at radius 2 is 2.05 bits per heavy atom. The summed E-state index contributed by atoms with van der Waals surface area (Å²) >= 11 is 1.40. The second kappa shape index (κ2) is 5.31. The summed E-state index contributed by atoms with van der Waals surface area (Å²) in [6.45, 7) is 6.22. The van der Waals surface area contributed by atoms with E-state index in [-0.39, 0.29) is 11.4 Å². The Morgan fingerprint density at radius 3 is 2.63 bits per heavy atom. The Labute approximate surface area is 115 Å². The molecule has 0 aliphatic carbocycles. The number of rotatable bonds is 2. The zero-order valence-corrected chi connectivity index (χ0v) is 11.8. The Bertz CT molecular complexity index is 561. The maximum Gasteiger partial charge on any atom is 0.326 e. The molecule has 0 aromatic carbocycles. The fourth-order valence-electron chi connectivity index (χ4n) is 1.28. The van der Waals surface area contributed by atoms with Gasteiger partial charge in [-0.1, -0.05) is 20.8 Å². The fourth-order valence-corrected chi connectivity index (χ4v) is 2.22. The highest BCUT2D eigenvalue weighted by molar-refractivity contribution is 7.14. The molecule has 2 heterocycles. The van der Waals surface area contributed by atoms with Gasteiger partial charge in [0.1, 0.15) is 0 Å². The van der Waals surface area contributed by atoms with E-state index in [2.05, 4.69) is 46.4 Å². The largest absolute Gasteiger partial charge is 0.326 e. The third-order valence-electron chi connectivity index (χ3n) is 2.30. The van der Waals surface area contributed by atoms with Crippen LogP contribution in [0.15, 0.2) is 24.0 Å². The van der Waals surface area contributed by atoms with Crippen molar-refractivity contribution in [1.82, 2.24) is 15.0 Å². The van der Waals surface area contributed by atoms with Crippen LogP contribution in [-0.2, 0) is 5.41 Å². The minimum absolute atomic E-state index is 0.0299. The van der Waals surface area contributed by atoms with E-state index in [0.717, 1.165) is 5.69 Å². The number of nitrogens with zero attached hydrogens (tertiary/aromatic N) is 3. The molecule has 2 aromatic rings. The average Bonchev–Trinajstić information content (AvgIpc) is 2.78. The maximum absolute atomic E-state index is 11.7. The fraction of sp³-hybridized carbons (Fsp3) is 0.333. The van der Waals surface area contributed by atoms with Gasteiger partial charge in [-0.05, 0) is 0 Å². The summed E-state index contributed by atoms with van der Waals surface area (Å²) in [5.74, 6) is 0.396. The number of nitrogens with one attached hydrogen (secondary N) is 2. The van der Waals surface area contributed by atoms with Crippen molar-refractivity contribution in [3.05, 3.63) is 29.7 Å². The van der Waals surface area contributed by atoms with Crippen LogP contribution in [0.1, 0.15) is 26.5 Å². The van der Waals surface area contributed by atoms with Gasteiger partial charge in [0.2, 0.25) is 0 Å². The minimum atomic E-state index is -0.379. The lowest BCUT2D eigenvalue weighted by Crippen LogP contribution is -2.20. The van der Waals surface area contributed by atoms with Gasteiger partial charge in [-0.25, -0.2) is 14.8 Å². The molecule has 0 spiro atoms. The number of thiazole rings is 1. The van der Waals surface area contributed by atoms with Crippen molar-refractivity contribution >= 4 is 28.3 Å². The minimum Gasteiger partial charge on any atom is -0.291 e. The predicted octanol–water partition coefficient (Wildman–Crippen LogP) is 2.87.